The molecule has 0 radical (unpaired) electrons. The number of piperidine rings is 1. The highest BCUT2D eigenvalue weighted by atomic mass is 35.5. The van der Waals surface area contributed by atoms with Gasteiger partial charge in [-0.2, -0.15) is 0 Å². The summed E-state index contributed by atoms with van der Waals surface area (Å²) in [6.45, 7) is 0.746. The van der Waals surface area contributed by atoms with Crippen molar-refractivity contribution in [3.63, 3.8) is 0 Å². The van der Waals surface area contributed by atoms with Crippen molar-refractivity contribution >= 4 is 30.0 Å². The summed E-state index contributed by atoms with van der Waals surface area (Å²) in [6, 6.07) is 6.47. The van der Waals surface area contributed by atoms with Gasteiger partial charge in [-0.05, 0) is 43.7 Å². The Hall–Kier alpha value is -1.79. The summed E-state index contributed by atoms with van der Waals surface area (Å²) < 4.78 is 5.05. The van der Waals surface area contributed by atoms with Gasteiger partial charge in [-0.1, -0.05) is 6.42 Å². The molecule has 2 N–H and O–H groups in total. The highest BCUT2D eigenvalue weighted by Crippen LogP contribution is 2.18. The van der Waals surface area contributed by atoms with Crippen molar-refractivity contribution in [3.8, 4) is 5.75 Å². The topological polar surface area (TPSA) is 78.9 Å². The summed E-state index contributed by atoms with van der Waals surface area (Å²) in [5, 5.41) is 12.0. The Kier molecular flexibility index (Phi) is 7.14. The number of methoxy groups -OCH3 is 1. The molecule has 122 valence electrons. The first-order valence-electron chi connectivity index (χ1n) is 7.01. The van der Waals surface area contributed by atoms with Crippen molar-refractivity contribution < 1.29 is 19.4 Å². The van der Waals surface area contributed by atoms with Gasteiger partial charge in [0.2, 0.25) is 5.91 Å². The van der Waals surface area contributed by atoms with Crippen molar-refractivity contribution in [3.05, 3.63) is 24.3 Å². The lowest BCUT2D eigenvalue weighted by Gasteiger charge is -2.32. The van der Waals surface area contributed by atoms with Crippen LogP contribution in [0.1, 0.15) is 19.3 Å². The smallest absolute Gasteiger partial charge is 0.320 e. The number of likely N-dealkylation sites (tertiary alicyclic amines) is 1. The van der Waals surface area contributed by atoms with Gasteiger partial charge in [0.1, 0.15) is 11.8 Å². The molecule has 0 aromatic heterocycles. The standard InChI is InChI=1S/C15H20N2O4.ClH/c1-21-12-7-5-11(6-8-12)16-14(18)10-17-9-3-2-4-13(17)15(19)20;/h5-8,13H,2-4,9-10H2,1H3,(H,16,18)(H,19,20);1H. The summed E-state index contributed by atoms with van der Waals surface area (Å²) >= 11 is 0. The molecular weight excluding hydrogens is 308 g/mol. The van der Waals surface area contributed by atoms with E-state index in [1.54, 1.807) is 36.3 Å². The third-order valence-electron chi connectivity index (χ3n) is 3.62. The number of ether oxygens (including phenoxy) is 1. The number of hydrogen-bond acceptors (Lipinski definition) is 4. The third kappa shape index (κ3) is 4.89. The van der Waals surface area contributed by atoms with Crippen molar-refractivity contribution in [2.24, 2.45) is 0 Å². The van der Waals surface area contributed by atoms with E-state index in [1.807, 2.05) is 0 Å². The highest BCUT2D eigenvalue weighted by Gasteiger charge is 2.29. The molecule has 1 atom stereocenters. The SMILES string of the molecule is COc1ccc(NC(=O)CN2CCCCC2C(=O)O)cc1.Cl. The maximum atomic E-state index is 12.0. The summed E-state index contributed by atoms with van der Waals surface area (Å²) in [6.07, 6.45) is 2.43. The van der Waals surface area contributed by atoms with Crippen molar-refractivity contribution in [1.29, 1.82) is 0 Å². The number of aliphatic carboxylic acids is 1. The fraction of sp³-hybridized carbons (Fsp3) is 0.467. The first kappa shape index (κ1) is 18.3. The average Bonchev–Trinajstić information content (AvgIpc) is 2.48. The van der Waals surface area contributed by atoms with Gasteiger partial charge in [0, 0.05) is 5.69 Å². The van der Waals surface area contributed by atoms with Gasteiger partial charge in [0.05, 0.1) is 13.7 Å². The number of halogens is 1. The van der Waals surface area contributed by atoms with E-state index in [4.69, 9.17) is 4.74 Å². The minimum atomic E-state index is -0.855. The number of hydrogen-bond donors (Lipinski definition) is 2. The lowest BCUT2D eigenvalue weighted by Crippen LogP contribution is -2.47. The van der Waals surface area contributed by atoms with Crippen molar-refractivity contribution in [2.45, 2.75) is 25.3 Å². The van der Waals surface area contributed by atoms with Gasteiger partial charge in [0.15, 0.2) is 0 Å². The summed E-state index contributed by atoms with van der Waals surface area (Å²) in [5.41, 5.74) is 0.671. The van der Waals surface area contributed by atoms with E-state index in [0.717, 1.165) is 18.6 Å². The molecule has 1 saturated heterocycles. The fourth-order valence-corrected chi connectivity index (χ4v) is 2.52. The summed E-state index contributed by atoms with van der Waals surface area (Å²) in [4.78, 5) is 24.9. The second-order valence-corrected chi connectivity index (χ2v) is 5.10. The molecule has 6 nitrogen and oxygen atoms in total. The molecule has 1 heterocycles. The molecule has 1 unspecified atom stereocenters. The van der Waals surface area contributed by atoms with E-state index in [9.17, 15) is 14.7 Å². The van der Waals surface area contributed by atoms with E-state index in [1.165, 1.54) is 0 Å². The van der Waals surface area contributed by atoms with Gasteiger partial charge in [-0.15, -0.1) is 12.4 Å². The molecule has 22 heavy (non-hydrogen) atoms. The molecule has 1 amide bonds. The van der Waals surface area contributed by atoms with Crippen LogP contribution in [-0.2, 0) is 9.59 Å². The second-order valence-electron chi connectivity index (χ2n) is 5.10. The number of benzene rings is 1. The molecular formula is C15H21ClN2O4. The van der Waals surface area contributed by atoms with Crippen LogP contribution in [0.3, 0.4) is 0 Å². The number of amides is 1. The van der Waals surface area contributed by atoms with Crippen molar-refractivity contribution in [2.75, 3.05) is 25.5 Å². The zero-order valence-electron chi connectivity index (χ0n) is 12.4. The van der Waals surface area contributed by atoms with E-state index < -0.39 is 12.0 Å². The maximum Gasteiger partial charge on any atom is 0.320 e. The molecule has 2 rings (SSSR count). The average molecular weight is 329 g/mol. The Morgan fingerprint density at radius 3 is 2.59 bits per heavy atom. The van der Waals surface area contributed by atoms with Crippen LogP contribution in [0.15, 0.2) is 24.3 Å². The zero-order chi connectivity index (χ0) is 15.2. The third-order valence-corrected chi connectivity index (χ3v) is 3.62. The number of carboxylic acid groups (broad SMARTS) is 1. The minimum Gasteiger partial charge on any atom is -0.497 e. The number of anilines is 1. The molecule has 0 spiro atoms. The molecule has 1 fully saturated rings. The zero-order valence-corrected chi connectivity index (χ0v) is 13.3. The maximum absolute atomic E-state index is 12.0. The van der Waals surface area contributed by atoms with Crippen LogP contribution in [0.4, 0.5) is 5.69 Å². The second kappa shape index (κ2) is 8.60. The highest BCUT2D eigenvalue weighted by molar-refractivity contribution is 5.92. The lowest BCUT2D eigenvalue weighted by molar-refractivity contribution is -0.145. The lowest BCUT2D eigenvalue weighted by atomic mass is 10.0. The predicted octanol–water partition coefficient (Wildman–Crippen LogP) is 1.99. The molecule has 7 heteroatoms. The van der Waals surface area contributed by atoms with Gasteiger partial charge in [-0.3, -0.25) is 14.5 Å². The van der Waals surface area contributed by atoms with Crippen LogP contribution in [0.5, 0.6) is 5.75 Å². The Morgan fingerprint density at radius 1 is 1.32 bits per heavy atom. The molecule has 1 aromatic rings. The molecule has 1 aromatic carbocycles. The summed E-state index contributed by atoms with van der Waals surface area (Å²) in [5.74, 6) is -0.338. The number of carboxylic acids is 1. The largest absolute Gasteiger partial charge is 0.497 e. The summed E-state index contributed by atoms with van der Waals surface area (Å²) in [7, 11) is 1.58. The molecule has 1 aliphatic rings. The van der Waals surface area contributed by atoms with E-state index in [-0.39, 0.29) is 24.9 Å². The molecule has 0 saturated carbocycles. The van der Waals surface area contributed by atoms with Gasteiger partial charge >= 0.3 is 5.97 Å². The quantitative estimate of drug-likeness (QED) is 0.864. The van der Waals surface area contributed by atoms with Crippen molar-refractivity contribution in [1.82, 2.24) is 4.90 Å². The molecule has 1 aliphatic heterocycles. The van der Waals surface area contributed by atoms with Crippen LogP contribution in [0.25, 0.3) is 0 Å². The van der Waals surface area contributed by atoms with E-state index >= 15 is 0 Å². The van der Waals surface area contributed by atoms with E-state index in [2.05, 4.69) is 5.32 Å². The molecule has 0 bridgehead atoms. The van der Waals surface area contributed by atoms with E-state index in [0.29, 0.717) is 18.7 Å². The van der Waals surface area contributed by atoms with Gasteiger partial charge in [0.25, 0.3) is 0 Å². The van der Waals surface area contributed by atoms with Crippen LogP contribution in [0, 0.1) is 0 Å². The van der Waals surface area contributed by atoms with Gasteiger partial charge in [-0.25, -0.2) is 0 Å². The Bertz CT molecular complexity index is 507. The molecule has 0 aliphatic carbocycles. The Labute approximate surface area is 135 Å². The number of nitrogens with one attached hydrogen (secondary N) is 1. The first-order chi connectivity index (χ1) is 10.1. The number of nitrogens with zero attached hydrogens (tertiary/aromatic N) is 1. The fourth-order valence-electron chi connectivity index (χ4n) is 2.52. The number of rotatable bonds is 5. The minimum absolute atomic E-state index is 0. The predicted molar refractivity (Wildman–Crippen MR) is 85.7 cm³/mol. The van der Waals surface area contributed by atoms with Crippen LogP contribution < -0.4 is 10.1 Å². The normalized spacial score (nSPS) is 18.1. The Morgan fingerprint density at radius 2 is 2.00 bits per heavy atom. The monoisotopic (exact) mass is 328 g/mol. The first-order valence-corrected chi connectivity index (χ1v) is 7.01. The Balaban J connectivity index is 0.00000242. The van der Waals surface area contributed by atoms with Crippen LogP contribution >= 0.6 is 12.4 Å². The van der Waals surface area contributed by atoms with Crippen LogP contribution in [-0.4, -0.2) is 48.1 Å². The number of carbonyl (C=O) groups excluding carboxylic acids is 1. The van der Waals surface area contributed by atoms with Crippen LogP contribution in [0.2, 0.25) is 0 Å². The number of carbonyl (C=O) groups is 2. The van der Waals surface area contributed by atoms with Gasteiger partial charge < -0.3 is 15.2 Å².